The maximum absolute atomic E-state index is 12.0. The van der Waals surface area contributed by atoms with Crippen LogP contribution in [0, 0.1) is 17.0 Å². The van der Waals surface area contributed by atoms with Gasteiger partial charge in [0.25, 0.3) is 17.5 Å². The lowest BCUT2D eigenvalue weighted by Gasteiger charge is -2.04. The summed E-state index contributed by atoms with van der Waals surface area (Å²) in [5.41, 5.74) is 2.06. The highest BCUT2D eigenvalue weighted by molar-refractivity contribution is 5.95. The molecule has 1 aromatic heterocycles. The standard InChI is InChI=1S/C20H19N5O5/c1-12-4-9-16-15(11-12)18(20(28)22-16)24-23-17(26)3-2-10-21-19(27)13-5-7-14(8-6-13)25(29)30/h4-9,11,22,28H,2-3,10H2,1H3,(H,21,27). The molecule has 2 amide bonds. The van der Waals surface area contributed by atoms with Crippen LogP contribution >= 0.6 is 0 Å². The molecule has 0 bridgehead atoms. The Hall–Kier alpha value is -4.08. The molecule has 10 nitrogen and oxygen atoms in total. The number of aromatic nitrogens is 1. The first-order chi connectivity index (χ1) is 14.3. The van der Waals surface area contributed by atoms with Gasteiger partial charge in [-0.1, -0.05) is 11.6 Å². The number of aromatic amines is 1. The number of carbonyl (C=O) groups is 2. The summed E-state index contributed by atoms with van der Waals surface area (Å²) in [6.07, 6.45) is 0.405. The molecule has 154 valence electrons. The number of nitro benzene ring substituents is 1. The van der Waals surface area contributed by atoms with Crippen molar-refractivity contribution in [3.8, 4) is 5.88 Å². The topological polar surface area (TPSA) is 150 Å². The Morgan fingerprint density at radius 1 is 1.20 bits per heavy atom. The highest BCUT2D eigenvalue weighted by Crippen LogP contribution is 2.35. The molecule has 2 aromatic carbocycles. The number of azo groups is 1. The number of aromatic hydroxyl groups is 1. The number of carbonyl (C=O) groups excluding carboxylic acids is 2. The molecule has 0 saturated heterocycles. The van der Waals surface area contributed by atoms with Gasteiger partial charge in [-0.2, -0.15) is 0 Å². The summed E-state index contributed by atoms with van der Waals surface area (Å²) >= 11 is 0. The molecule has 1 heterocycles. The van der Waals surface area contributed by atoms with Gasteiger partial charge in [0.05, 0.1) is 10.4 Å². The van der Waals surface area contributed by atoms with E-state index in [1.54, 1.807) is 6.07 Å². The second kappa shape index (κ2) is 8.95. The first-order valence-electron chi connectivity index (χ1n) is 9.13. The van der Waals surface area contributed by atoms with Crippen molar-refractivity contribution in [3.63, 3.8) is 0 Å². The zero-order valence-electron chi connectivity index (χ0n) is 16.1. The van der Waals surface area contributed by atoms with Crippen LogP contribution in [0.25, 0.3) is 10.9 Å². The number of H-pyrrole nitrogens is 1. The van der Waals surface area contributed by atoms with Gasteiger partial charge in [-0.3, -0.25) is 19.7 Å². The third-order valence-corrected chi connectivity index (χ3v) is 4.36. The van der Waals surface area contributed by atoms with E-state index in [9.17, 15) is 24.8 Å². The second-order valence-corrected chi connectivity index (χ2v) is 6.63. The number of hydrogen-bond donors (Lipinski definition) is 3. The third kappa shape index (κ3) is 4.85. The quantitative estimate of drug-likeness (QED) is 0.234. The molecule has 0 unspecified atom stereocenters. The number of benzene rings is 2. The summed E-state index contributed by atoms with van der Waals surface area (Å²) in [5.74, 6) is -1.04. The SMILES string of the molecule is Cc1ccc2[nH]c(O)c(N=NC(=O)CCCNC(=O)c3ccc([N+](=O)[O-])cc3)c2c1. The fourth-order valence-electron chi connectivity index (χ4n) is 2.81. The highest BCUT2D eigenvalue weighted by atomic mass is 16.6. The molecule has 0 aliphatic rings. The molecule has 0 atom stereocenters. The first-order valence-corrected chi connectivity index (χ1v) is 9.13. The summed E-state index contributed by atoms with van der Waals surface area (Å²) in [4.78, 5) is 36.8. The van der Waals surface area contributed by atoms with Crippen molar-refractivity contribution < 1.29 is 19.6 Å². The zero-order valence-corrected chi connectivity index (χ0v) is 16.1. The molecule has 30 heavy (non-hydrogen) atoms. The zero-order chi connectivity index (χ0) is 21.7. The Kier molecular flexibility index (Phi) is 6.16. The van der Waals surface area contributed by atoms with Crippen molar-refractivity contribution in [2.24, 2.45) is 10.2 Å². The van der Waals surface area contributed by atoms with Crippen molar-refractivity contribution >= 4 is 34.1 Å². The summed E-state index contributed by atoms with van der Waals surface area (Å²) in [6.45, 7) is 2.13. The Labute approximate surface area is 170 Å². The van der Waals surface area contributed by atoms with E-state index in [1.165, 1.54) is 24.3 Å². The summed E-state index contributed by atoms with van der Waals surface area (Å²) in [5, 5.41) is 31.4. The average molecular weight is 409 g/mol. The minimum Gasteiger partial charge on any atom is -0.493 e. The molecular weight excluding hydrogens is 390 g/mol. The maximum atomic E-state index is 12.0. The molecule has 0 saturated carbocycles. The summed E-state index contributed by atoms with van der Waals surface area (Å²) < 4.78 is 0. The van der Waals surface area contributed by atoms with Crippen LogP contribution in [0.4, 0.5) is 11.4 Å². The van der Waals surface area contributed by atoms with Crippen LogP contribution in [0.15, 0.2) is 52.7 Å². The number of aryl methyl sites for hydroxylation is 1. The van der Waals surface area contributed by atoms with Crippen molar-refractivity contribution in [1.29, 1.82) is 0 Å². The normalized spacial score (nSPS) is 11.1. The lowest BCUT2D eigenvalue weighted by Crippen LogP contribution is -2.24. The van der Waals surface area contributed by atoms with Gasteiger partial charge in [-0.15, -0.1) is 10.2 Å². The van der Waals surface area contributed by atoms with Crippen LogP contribution in [-0.4, -0.2) is 33.4 Å². The molecule has 0 aliphatic heterocycles. The van der Waals surface area contributed by atoms with E-state index in [-0.39, 0.29) is 35.8 Å². The number of rotatable bonds is 7. The molecule has 0 fully saturated rings. The van der Waals surface area contributed by atoms with E-state index in [4.69, 9.17) is 0 Å². The number of fused-ring (bicyclic) bond motifs is 1. The Morgan fingerprint density at radius 3 is 2.63 bits per heavy atom. The number of hydrogen-bond acceptors (Lipinski definition) is 6. The number of amides is 2. The first kappa shape index (κ1) is 20.6. The van der Waals surface area contributed by atoms with Gasteiger partial charge in [-0.05, 0) is 37.6 Å². The molecule has 0 spiro atoms. The molecule has 3 rings (SSSR count). The largest absolute Gasteiger partial charge is 0.493 e. The monoisotopic (exact) mass is 409 g/mol. The molecule has 3 N–H and O–H groups in total. The molecular formula is C20H19N5O5. The summed E-state index contributed by atoms with van der Waals surface area (Å²) in [6, 6.07) is 10.7. The minimum absolute atomic E-state index is 0.0617. The van der Waals surface area contributed by atoms with E-state index in [0.717, 1.165) is 5.56 Å². The van der Waals surface area contributed by atoms with E-state index >= 15 is 0 Å². The predicted octanol–water partition coefficient (Wildman–Crippen LogP) is 3.91. The molecule has 3 aromatic rings. The van der Waals surface area contributed by atoms with Gasteiger partial charge < -0.3 is 15.4 Å². The second-order valence-electron chi connectivity index (χ2n) is 6.63. The van der Waals surface area contributed by atoms with Crippen LogP contribution in [0.5, 0.6) is 5.88 Å². The number of non-ortho nitro benzene ring substituents is 1. The van der Waals surface area contributed by atoms with Gasteiger partial charge >= 0.3 is 0 Å². The third-order valence-electron chi connectivity index (χ3n) is 4.36. The number of nitro groups is 1. The highest BCUT2D eigenvalue weighted by Gasteiger charge is 2.12. The lowest BCUT2D eigenvalue weighted by atomic mass is 10.1. The van der Waals surface area contributed by atoms with Crippen molar-refractivity contribution in [2.75, 3.05) is 6.54 Å². The Bertz CT molecular complexity index is 1130. The van der Waals surface area contributed by atoms with E-state index in [2.05, 4.69) is 20.5 Å². The molecule has 0 radical (unpaired) electrons. The van der Waals surface area contributed by atoms with Crippen molar-refractivity contribution in [1.82, 2.24) is 10.3 Å². The van der Waals surface area contributed by atoms with Crippen LogP contribution in [-0.2, 0) is 4.79 Å². The summed E-state index contributed by atoms with van der Waals surface area (Å²) in [7, 11) is 0. The Balaban J connectivity index is 1.49. The van der Waals surface area contributed by atoms with Crippen LogP contribution in [0.1, 0.15) is 28.8 Å². The molecule has 0 aliphatic carbocycles. The van der Waals surface area contributed by atoms with Gasteiger partial charge in [0.15, 0.2) is 5.69 Å². The van der Waals surface area contributed by atoms with Crippen LogP contribution in [0.2, 0.25) is 0 Å². The van der Waals surface area contributed by atoms with Gasteiger partial charge in [0, 0.05) is 36.0 Å². The van der Waals surface area contributed by atoms with Gasteiger partial charge in [-0.25, -0.2) is 0 Å². The van der Waals surface area contributed by atoms with E-state index in [1.807, 2.05) is 19.1 Å². The van der Waals surface area contributed by atoms with Gasteiger partial charge in [0.2, 0.25) is 5.88 Å². The predicted molar refractivity (Wildman–Crippen MR) is 109 cm³/mol. The fraction of sp³-hybridized carbons (Fsp3) is 0.200. The van der Waals surface area contributed by atoms with Crippen molar-refractivity contribution in [2.45, 2.75) is 19.8 Å². The maximum Gasteiger partial charge on any atom is 0.269 e. The lowest BCUT2D eigenvalue weighted by molar-refractivity contribution is -0.384. The van der Waals surface area contributed by atoms with E-state index in [0.29, 0.717) is 17.3 Å². The molecule has 10 heteroatoms. The average Bonchev–Trinajstić information content (AvgIpc) is 3.03. The fourth-order valence-corrected chi connectivity index (χ4v) is 2.81. The minimum atomic E-state index is -0.543. The Morgan fingerprint density at radius 2 is 1.93 bits per heavy atom. The number of nitrogens with one attached hydrogen (secondary N) is 2. The van der Waals surface area contributed by atoms with Crippen molar-refractivity contribution in [3.05, 3.63) is 63.7 Å². The van der Waals surface area contributed by atoms with Gasteiger partial charge in [0.1, 0.15) is 0 Å². The van der Waals surface area contributed by atoms with Crippen LogP contribution < -0.4 is 5.32 Å². The number of nitrogens with zero attached hydrogens (tertiary/aromatic N) is 3. The van der Waals surface area contributed by atoms with Crippen LogP contribution in [0.3, 0.4) is 0 Å². The smallest absolute Gasteiger partial charge is 0.269 e. The van der Waals surface area contributed by atoms with E-state index < -0.39 is 16.7 Å².